The smallest absolute Gasteiger partial charge is 0.0623 e. The molecule has 0 heterocycles. The molecule has 0 amide bonds. The lowest BCUT2D eigenvalue weighted by atomic mass is 9.82. The van der Waals surface area contributed by atoms with Crippen molar-refractivity contribution in [1.29, 1.82) is 0 Å². The summed E-state index contributed by atoms with van der Waals surface area (Å²) in [5.74, 6) is 0. The molecule has 0 aliphatic heterocycles. The zero-order valence-electron chi connectivity index (χ0n) is 25.4. The summed E-state index contributed by atoms with van der Waals surface area (Å²) in [5, 5.41) is 5.72. The van der Waals surface area contributed by atoms with Gasteiger partial charge in [0.1, 0.15) is 0 Å². The van der Waals surface area contributed by atoms with Crippen LogP contribution in [0, 0.1) is 0 Å². The van der Waals surface area contributed by atoms with Crippen molar-refractivity contribution in [1.82, 2.24) is 0 Å². The molecule has 208 valence electrons. The van der Waals surface area contributed by atoms with Crippen LogP contribution in [0.4, 0.5) is 0 Å². The lowest BCUT2D eigenvalue weighted by Crippen LogP contribution is -2.75. The van der Waals surface area contributed by atoms with Gasteiger partial charge in [-0.1, -0.05) is 173 Å². The lowest BCUT2D eigenvalue weighted by molar-refractivity contribution is 0.661. The third kappa shape index (κ3) is 3.55. The van der Waals surface area contributed by atoms with E-state index in [0.717, 1.165) is 0 Å². The van der Waals surface area contributed by atoms with E-state index in [1.807, 2.05) is 0 Å². The summed E-state index contributed by atoms with van der Waals surface area (Å²) in [6, 6.07) is 55.5. The van der Waals surface area contributed by atoms with E-state index in [-0.39, 0.29) is 10.8 Å². The van der Waals surface area contributed by atoms with Gasteiger partial charge in [-0.2, -0.15) is 0 Å². The molecule has 0 saturated heterocycles. The lowest BCUT2D eigenvalue weighted by Gasteiger charge is -2.36. The molecular weight excluding hydrogens is 533 g/mol. The van der Waals surface area contributed by atoms with E-state index in [0.29, 0.717) is 0 Å². The van der Waals surface area contributed by atoms with Crippen LogP contribution in [-0.2, 0) is 10.8 Å². The van der Waals surface area contributed by atoms with Crippen LogP contribution in [-0.4, -0.2) is 8.07 Å². The molecule has 0 saturated carbocycles. The van der Waals surface area contributed by atoms with Gasteiger partial charge in [0.05, 0.1) is 0 Å². The van der Waals surface area contributed by atoms with Crippen molar-refractivity contribution >= 4 is 28.8 Å². The molecule has 0 fully saturated rings. The summed E-state index contributed by atoms with van der Waals surface area (Å²) in [6.07, 6.45) is 0. The minimum atomic E-state index is -2.72. The van der Waals surface area contributed by atoms with Crippen molar-refractivity contribution in [2.45, 2.75) is 38.5 Å². The third-order valence-electron chi connectivity index (χ3n) is 10.4. The summed E-state index contributed by atoms with van der Waals surface area (Å²) in [5.41, 5.74) is 11.1. The van der Waals surface area contributed by atoms with E-state index in [1.165, 1.54) is 65.3 Å². The van der Waals surface area contributed by atoms with Crippen LogP contribution in [0.25, 0.3) is 22.3 Å². The van der Waals surface area contributed by atoms with Crippen molar-refractivity contribution in [3.05, 3.63) is 168 Å². The molecule has 0 nitrogen and oxygen atoms in total. The highest BCUT2D eigenvalue weighted by atomic mass is 28.3. The summed E-state index contributed by atoms with van der Waals surface area (Å²) in [7, 11) is -2.72. The summed E-state index contributed by atoms with van der Waals surface area (Å²) in [4.78, 5) is 0. The number of fused-ring (bicyclic) bond motifs is 6. The first-order chi connectivity index (χ1) is 20.8. The number of hydrogen-bond donors (Lipinski definition) is 0. The zero-order chi connectivity index (χ0) is 29.4. The van der Waals surface area contributed by atoms with E-state index >= 15 is 0 Å². The van der Waals surface area contributed by atoms with Crippen LogP contribution >= 0.6 is 0 Å². The van der Waals surface area contributed by atoms with Gasteiger partial charge >= 0.3 is 0 Å². The molecule has 0 radical (unpaired) electrons. The molecule has 0 aromatic heterocycles. The fraction of sp³-hybridized carbons (Fsp3) is 0.143. The molecule has 2 aliphatic rings. The summed E-state index contributed by atoms with van der Waals surface area (Å²) >= 11 is 0. The van der Waals surface area contributed by atoms with Crippen molar-refractivity contribution in [2.24, 2.45) is 0 Å². The first kappa shape index (κ1) is 26.2. The van der Waals surface area contributed by atoms with Gasteiger partial charge in [0.2, 0.25) is 0 Å². The van der Waals surface area contributed by atoms with Gasteiger partial charge in [-0.3, -0.25) is 0 Å². The molecule has 0 bridgehead atoms. The minimum absolute atomic E-state index is 0.0585. The first-order valence-electron chi connectivity index (χ1n) is 15.5. The van der Waals surface area contributed by atoms with Gasteiger partial charge in [0.25, 0.3) is 0 Å². The van der Waals surface area contributed by atoms with Crippen LogP contribution in [0.15, 0.2) is 146 Å². The van der Waals surface area contributed by atoms with E-state index in [2.05, 4.69) is 173 Å². The molecule has 1 heteroatoms. The molecule has 43 heavy (non-hydrogen) atoms. The van der Waals surface area contributed by atoms with Gasteiger partial charge in [0.15, 0.2) is 8.07 Å². The number of hydrogen-bond acceptors (Lipinski definition) is 0. The molecule has 6 aromatic carbocycles. The maximum absolute atomic E-state index is 2.72. The van der Waals surface area contributed by atoms with Gasteiger partial charge in [0, 0.05) is 10.8 Å². The predicted octanol–water partition coefficient (Wildman–Crippen LogP) is 7.68. The van der Waals surface area contributed by atoms with Crippen molar-refractivity contribution in [3.8, 4) is 22.3 Å². The molecular formula is C42H36Si. The highest BCUT2D eigenvalue weighted by Gasteiger charge is 2.45. The molecule has 0 unspecified atom stereocenters. The second-order valence-electron chi connectivity index (χ2n) is 13.3. The van der Waals surface area contributed by atoms with Crippen molar-refractivity contribution in [2.75, 3.05) is 0 Å². The Bertz CT molecular complexity index is 1870. The fourth-order valence-electron chi connectivity index (χ4n) is 8.25. The third-order valence-corrected chi connectivity index (χ3v) is 15.2. The molecule has 0 N–H and O–H groups in total. The Morgan fingerprint density at radius 1 is 0.326 bits per heavy atom. The van der Waals surface area contributed by atoms with Crippen molar-refractivity contribution < 1.29 is 0 Å². The molecule has 8 rings (SSSR count). The summed E-state index contributed by atoms with van der Waals surface area (Å²) in [6.45, 7) is 9.57. The average molecular weight is 569 g/mol. The SMILES string of the molecule is CC1(C)c2ccccc2-c2ccc([Si](c3ccccc3)(c3ccccc3)c3ccc4c(c3)C(C)(C)c3ccccc3-4)cc21. The van der Waals surface area contributed by atoms with E-state index < -0.39 is 8.07 Å². The van der Waals surface area contributed by atoms with Crippen LogP contribution in [0.1, 0.15) is 49.9 Å². The maximum atomic E-state index is 2.58. The monoisotopic (exact) mass is 568 g/mol. The van der Waals surface area contributed by atoms with Gasteiger partial charge in [-0.15, -0.1) is 0 Å². The molecule has 0 spiro atoms. The predicted molar refractivity (Wildman–Crippen MR) is 185 cm³/mol. The van der Waals surface area contributed by atoms with E-state index in [9.17, 15) is 0 Å². The van der Waals surface area contributed by atoms with Gasteiger partial charge in [-0.05, 0) is 65.3 Å². The number of benzene rings is 6. The zero-order valence-corrected chi connectivity index (χ0v) is 26.4. The normalized spacial score (nSPS) is 15.3. The second kappa shape index (κ2) is 9.27. The largest absolute Gasteiger partial charge is 0.179 e. The summed E-state index contributed by atoms with van der Waals surface area (Å²) < 4.78 is 0. The quantitative estimate of drug-likeness (QED) is 0.151. The number of rotatable bonds is 4. The van der Waals surface area contributed by atoms with E-state index in [1.54, 1.807) is 0 Å². The van der Waals surface area contributed by atoms with Crippen LogP contribution < -0.4 is 20.7 Å². The maximum Gasteiger partial charge on any atom is 0.179 e. The van der Waals surface area contributed by atoms with Crippen LogP contribution in [0.3, 0.4) is 0 Å². The van der Waals surface area contributed by atoms with Gasteiger partial charge in [-0.25, -0.2) is 0 Å². The Kier molecular flexibility index (Phi) is 5.64. The van der Waals surface area contributed by atoms with Crippen LogP contribution in [0.5, 0.6) is 0 Å². The minimum Gasteiger partial charge on any atom is -0.0623 e. The molecule has 2 aliphatic carbocycles. The highest BCUT2D eigenvalue weighted by Crippen LogP contribution is 2.49. The standard InChI is InChI=1S/C42H36Si/c1-41(2)37-21-13-11-19-33(37)35-25-23-31(27-39(35)41)43(29-15-7-5-8-16-29,30-17-9-6-10-18-30)32-24-26-36-34-20-12-14-22-38(34)42(3,4)40(36)28-32/h5-28H,1-4H3. The van der Waals surface area contributed by atoms with Crippen LogP contribution in [0.2, 0.25) is 0 Å². The van der Waals surface area contributed by atoms with E-state index in [4.69, 9.17) is 0 Å². The average Bonchev–Trinajstić information content (AvgIpc) is 3.42. The Morgan fingerprint density at radius 3 is 1.09 bits per heavy atom. The topological polar surface area (TPSA) is 0 Å². The second-order valence-corrected chi connectivity index (χ2v) is 17.2. The fourth-order valence-corrected chi connectivity index (χ4v) is 13.0. The Morgan fingerprint density at radius 2 is 0.674 bits per heavy atom. The first-order valence-corrected chi connectivity index (χ1v) is 17.5. The Labute approximate surface area is 256 Å². The van der Waals surface area contributed by atoms with Gasteiger partial charge < -0.3 is 0 Å². The Hall–Kier alpha value is -4.46. The molecule has 0 atom stereocenters. The Balaban J connectivity index is 1.45. The van der Waals surface area contributed by atoms with Crippen molar-refractivity contribution in [3.63, 3.8) is 0 Å². The highest BCUT2D eigenvalue weighted by molar-refractivity contribution is 7.19. The molecule has 6 aromatic rings.